The molecule has 1 aliphatic heterocycles. The largest absolute Gasteiger partial charge is 0.497 e. The number of methoxy groups -OCH3 is 1. The van der Waals surface area contributed by atoms with E-state index < -0.39 is 55.2 Å². The van der Waals surface area contributed by atoms with E-state index in [9.17, 15) is 34.5 Å². The van der Waals surface area contributed by atoms with E-state index in [2.05, 4.69) is 0 Å². The van der Waals surface area contributed by atoms with Crippen molar-refractivity contribution in [2.45, 2.75) is 44.1 Å². The van der Waals surface area contributed by atoms with Crippen LogP contribution in [0.25, 0.3) is 10.9 Å². The number of fused-ring (bicyclic) bond motifs is 1. The predicted molar refractivity (Wildman–Crippen MR) is 139 cm³/mol. The molecule has 1 aliphatic rings. The average Bonchev–Trinajstić information content (AvgIpc) is 3.21. The van der Waals surface area contributed by atoms with Crippen molar-refractivity contribution < 1.29 is 58.6 Å². The number of aromatic nitrogens is 1. The van der Waals surface area contributed by atoms with Gasteiger partial charge < -0.3 is 39.4 Å². The molecule has 41 heavy (non-hydrogen) atoms. The number of carbonyl (C=O) groups excluding carboxylic acids is 3. The van der Waals surface area contributed by atoms with Crippen LogP contribution in [0.3, 0.4) is 0 Å². The lowest BCUT2D eigenvalue weighted by atomic mass is 9.99. The third-order valence-corrected chi connectivity index (χ3v) is 6.82. The van der Waals surface area contributed by atoms with Crippen molar-refractivity contribution in [3.8, 4) is 5.75 Å². The van der Waals surface area contributed by atoms with Crippen molar-refractivity contribution in [2.75, 3.05) is 13.7 Å². The molecule has 3 aromatic rings. The molecule has 1 saturated heterocycles. The maximum Gasteiger partial charge on any atom is 0.346 e. The molecular formula is C27H26ClNO12. The quantitative estimate of drug-likeness (QED) is 0.270. The van der Waals surface area contributed by atoms with Crippen molar-refractivity contribution in [1.82, 2.24) is 4.57 Å². The Labute approximate surface area is 237 Å². The summed E-state index contributed by atoms with van der Waals surface area (Å²) in [5, 5.41) is 39.7. The minimum absolute atomic E-state index is 0.349. The highest BCUT2D eigenvalue weighted by Gasteiger charge is 2.48. The Kier molecular flexibility index (Phi) is 8.95. The van der Waals surface area contributed by atoms with Gasteiger partial charge in [-0.15, -0.1) is 0 Å². The number of aliphatic hydroxyl groups is 3. The Balaban J connectivity index is 1.49. The van der Waals surface area contributed by atoms with Gasteiger partial charge in [-0.05, 0) is 55.0 Å². The van der Waals surface area contributed by atoms with E-state index in [-0.39, 0.29) is 12.3 Å². The summed E-state index contributed by atoms with van der Waals surface area (Å²) in [5.41, 5.74) is 1.74. The topological polar surface area (TPSA) is 191 Å². The van der Waals surface area contributed by atoms with Gasteiger partial charge >= 0.3 is 17.9 Å². The van der Waals surface area contributed by atoms with Gasteiger partial charge in [0.15, 0.2) is 12.7 Å². The van der Waals surface area contributed by atoms with Crippen LogP contribution in [0.5, 0.6) is 5.75 Å². The van der Waals surface area contributed by atoms with Gasteiger partial charge in [0.2, 0.25) is 6.29 Å². The molecule has 14 heteroatoms. The van der Waals surface area contributed by atoms with Crippen LogP contribution in [0.1, 0.15) is 21.6 Å². The molecule has 0 saturated carbocycles. The van der Waals surface area contributed by atoms with E-state index in [4.69, 9.17) is 35.7 Å². The number of hydrogen-bond acceptors (Lipinski definition) is 11. The Morgan fingerprint density at radius 1 is 0.976 bits per heavy atom. The van der Waals surface area contributed by atoms with Crippen molar-refractivity contribution in [3.05, 3.63) is 64.3 Å². The first-order valence-corrected chi connectivity index (χ1v) is 12.6. The number of ether oxygens (including phenoxy) is 4. The number of carbonyl (C=O) groups is 4. The smallest absolute Gasteiger partial charge is 0.346 e. The molecule has 0 radical (unpaired) electrons. The first kappa shape index (κ1) is 30.0. The first-order valence-electron chi connectivity index (χ1n) is 12.2. The van der Waals surface area contributed by atoms with Crippen molar-refractivity contribution in [2.24, 2.45) is 0 Å². The molecule has 0 spiro atoms. The molecule has 13 nitrogen and oxygen atoms in total. The molecule has 0 bridgehead atoms. The molecule has 5 atom stereocenters. The van der Waals surface area contributed by atoms with E-state index in [0.29, 0.717) is 38.5 Å². The lowest BCUT2D eigenvalue weighted by Crippen LogP contribution is -2.60. The monoisotopic (exact) mass is 591 g/mol. The summed E-state index contributed by atoms with van der Waals surface area (Å²) in [4.78, 5) is 49.6. The summed E-state index contributed by atoms with van der Waals surface area (Å²) >= 11 is 5.95. The third kappa shape index (κ3) is 6.19. The van der Waals surface area contributed by atoms with E-state index >= 15 is 0 Å². The molecule has 2 aromatic carbocycles. The van der Waals surface area contributed by atoms with Crippen molar-refractivity contribution in [1.29, 1.82) is 0 Å². The number of hydrogen-bond donors (Lipinski definition) is 4. The highest BCUT2D eigenvalue weighted by molar-refractivity contribution is 6.30. The third-order valence-electron chi connectivity index (χ3n) is 6.57. The Morgan fingerprint density at radius 2 is 1.66 bits per heavy atom. The fourth-order valence-electron chi connectivity index (χ4n) is 4.44. The number of halogens is 1. The van der Waals surface area contributed by atoms with Crippen LogP contribution in [0.2, 0.25) is 5.02 Å². The van der Waals surface area contributed by atoms with Crippen LogP contribution in [0, 0.1) is 6.92 Å². The lowest BCUT2D eigenvalue weighted by molar-refractivity contribution is -0.287. The second-order valence-corrected chi connectivity index (χ2v) is 9.59. The van der Waals surface area contributed by atoms with Crippen molar-refractivity contribution in [3.63, 3.8) is 0 Å². The molecule has 0 aliphatic carbocycles. The van der Waals surface area contributed by atoms with E-state index in [1.807, 2.05) is 0 Å². The summed E-state index contributed by atoms with van der Waals surface area (Å²) in [7, 11) is 1.47. The molecule has 1 fully saturated rings. The molecule has 4 N–H and O–H groups in total. The predicted octanol–water partition coefficient (Wildman–Crippen LogP) is 0.821. The van der Waals surface area contributed by atoms with Crippen LogP contribution < -0.4 is 4.74 Å². The van der Waals surface area contributed by atoms with Crippen LogP contribution in [-0.4, -0.2) is 93.2 Å². The maximum absolute atomic E-state index is 13.4. The SMILES string of the molecule is COc1ccc2c(c1)c(CC(=O)OCC(=O)O[C@@H]1OC(C(=O)O)[C@@H](O)C(O)C1O)c(C)n2C(=O)c1ccc(Cl)cc1. The molecule has 1 aromatic heterocycles. The number of carboxylic acid groups (broad SMARTS) is 1. The Hall–Kier alpha value is -4.01. The second-order valence-electron chi connectivity index (χ2n) is 9.16. The van der Waals surface area contributed by atoms with Gasteiger partial charge in [-0.2, -0.15) is 0 Å². The highest BCUT2D eigenvalue weighted by Crippen LogP contribution is 2.31. The summed E-state index contributed by atoms with van der Waals surface area (Å²) < 4.78 is 21.4. The van der Waals surface area contributed by atoms with Gasteiger partial charge in [0, 0.05) is 21.7 Å². The zero-order chi connectivity index (χ0) is 30.0. The van der Waals surface area contributed by atoms with Crippen LogP contribution in [0.4, 0.5) is 0 Å². The molecule has 2 heterocycles. The standard InChI is InChI=1S/C27H26ClNO12/c1-12-16(10-19(30)39-11-20(31)40-27-23(34)21(32)22(33)24(41-27)26(36)37)17-9-15(38-2)7-8-18(17)29(12)25(35)13-3-5-14(28)6-4-13/h3-9,21-24,27,32-34H,10-11H2,1-2H3,(H,36,37)/t21?,22-,23?,24?,27+/m0/s1. The molecule has 0 amide bonds. The molecule has 4 rings (SSSR count). The number of aliphatic hydroxyl groups excluding tert-OH is 3. The van der Waals surface area contributed by atoms with Gasteiger partial charge in [0.1, 0.15) is 24.1 Å². The van der Waals surface area contributed by atoms with Gasteiger partial charge in [-0.25, -0.2) is 9.59 Å². The van der Waals surface area contributed by atoms with Gasteiger partial charge in [-0.1, -0.05) is 11.6 Å². The molecular weight excluding hydrogens is 566 g/mol. The number of aliphatic carboxylic acids is 1. The number of rotatable bonds is 8. The summed E-state index contributed by atoms with van der Waals surface area (Å²) in [6.07, 6.45) is -10.2. The molecule has 3 unspecified atom stereocenters. The molecule has 218 valence electrons. The zero-order valence-electron chi connectivity index (χ0n) is 21.7. The fraction of sp³-hybridized carbons (Fsp3) is 0.333. The fourth-order valence-corrected chi connectivity index (χ4v) is 4.57. The maximum atomic E-state index is 13.4. The summed E-state index contributed by atoms with van der Waals surface area (Å²) in [6.45, 7) is 0.712. The van der Waals surface area contributed by atoms with Crippen molar-refractivity contribution >= 4 is 46.3 Å². The van der Waals surface area contributed by atoms with Gasteiger partial charge in [-0.3, -0.25) is 14.2 Å². The van der Waals surface area contributed by atoms with E-state index in [0.717, 1.165) is 0 Å². The minimum atomic E-state index is -1.97. The number of esters is 2. The highest BCUT2D eigenvalue weighted by atomic mass is 35.5. The summed E-state index contributed by atoms with van der Waals surface area (Å²) in [5.74, 6) is -3.62. The van der Waals surface area contributed by atoms with Gasteiger partial charge in [0.25, 0.3) is 5.91 Å². The zero-order valence-corrected chi connectivity index (χ0v) is 22.5. The normalized spacial score (nSPS) is 22.2. The lowest BCUT2D eigenvalue weighted by Gasteiger charge is -2.37. The van der Waals surface area contributed by atoms with Crippen LogP contribution in [0.15, 0.2) is 42.5 Å². The van der Waals surface area contributed by atoms with Gasteiger partial charge in [0.05, 0.1) is 19.0 Å². The number of nitrogens with zero attached hydrogens (tertiary/aromatic N) is 1. The Morgan fingerprint density at radius 3 is 2.29 bits per heavy atom. The van der Waals surface area contributed by atoms with Crippen LogP contribution >= 0.6 is 11.6 Å². The number of benzene rings is 2. The average molecular weight is 592 g/mol. The van der Waals surface area contributed by atoms with E-state index in [1.54, 1.807) is 49.4 Å². The number of carboxylic acids is 1. The first-order chi connectivity index (χ1) is 19.4. The van der Waals surface area contributed by atoms with Crippen LogP contribution in [-0.2, 0) is 35.0 Å². The second kappa shape index (κ2) is 12.2. The van der Waals surface area contributed by atoms with E-state index in [1.165, 1.54) is 11.7 Å². The Bertz CT molecular complexity index is 1480. The minimum Gasteiger partial charge on any atom is -0.497 e. The summed E-state index contributed by atoms with van der Waals surface area (Å²) in [6, 6.07) is 11.3.